The van der Waals surface area contributed by atoms with E-state index >= 15 is 0 Å². The highest BCUT2D eigenvalue weighted by Crippen LogP contribution is 2.38. The molecule has 0 fully saturated rings. The van der Waals surface area contributed by atoms with Gasteiger partial charge in [0.15, 0.2) is 15.5 Å². The van der Waals surface area contributed by atoms with Crippen molar-refractivity contribution in [1.29, 1.82) is 0 Å². The van der Waals surface area contributed by atoms with Crippen molar-refractivity contribution in [3.8, 4) is 16.9 Å². The Morgan fingerprint density at radius 3 is 2.39 bits per heavy atom. The van der Waals surface area contributed by atoms with Crippen LogP contribution in [0.5, 0.6) is 0 Å². The number of halogens is 2. The molecule has 4 aromatic rings. The number of aryl methyl sites for hydroxylation is 1. The number of amides is 2. The van der Waals surface area contributed by atoms with Gasteiger partial charge in [-0.25, -0.2) is 13.1 Å². The summed E-state index contributed by atoms with van der Waals surface area (Å²) in [4.78, 5) is 25.3. The first-order chi connectivity index (χ1) is 17.5. The maximum atomic E-state index is 12.9. The van der Waals surface area contributed by atoms with Gasteiger partial charge in [-0.2, -0.15) is 5.10 Å². The molecule has 196 valence electrons. The quantitative estimate of drug-likeness (QED) is 0.307. The molecule has 1 aromatic heterocycles. The van der Waals surface area contributed by atoms with E-state index in [1.807, 2.05) is 6.07 Å². The fraction of sp³-hybridized carbons (Fsp3) is 0.115. The number of nitrogens with zero attached hydrogens (tertiary/aromatic N) is 2. The van der Waals surface area contributed by atoms with Crippen LogP contribution in [0.1, 0.15) is 32.0 Å². The monoisotopic (exact) mass is 571 g/mol. The predicted molar refractivity (Wildman–Crippen MR) is 149 cm³/mol. The largest absolute Gasteiger partial charge is 0.399 e. The van der Waals surface area contributed by atoms with Gasteiger partial charge in [0.25, 0.3) is 11.8 Å². The molecule has 0 saturated heterocycles. The second-order valence-electron chi connectivity index (χ2n) is 8.78. The average molecular weight is 572 g/mol. The maximum absolute atomic E-state index is 12.9. The molecule has 12 heteroatoms. The van der Waals surface area contributed by atoms with Crippen LogP contribution in [-0.2, 0) is 22.7 Å². The molecule has 5 N–H and O–H groups in total. The number of anilines is 2. The van der Waals surface area contributed by atoms with E-state index in [4.69, 9.17) is 23.1 Å². The molecule has 1 heterocycles. The summed E-state index contributed by atoms with van der Waals surface area (Å²) < 4.78 is 25.4. The molecule has 0 aliphatic heterocycles. The van der Waals surface area contributed by atoms with Crippen molar-refractivity contribution in [2.75, 3.05) is 17.3 Å². The Morgan fingerprint density at radius 2 is 1.74 bits per heavy atom. The molecule has 0 saturated carbocycles. The minimum atomic E-state index is -3.38. The van der Waals surface area contributed by atoms with Gasteiger partial charge >= 0.3 is 0 Å². The molecule has 38 heavy (non-hydrogen) atoms. The van der Waals surface area contributed by atoms with E-state index in [1.165, 1.54) is 18.2 Å². The van der Waals surface area contributed by atoms with Gasteiger partial charge in [0.2, 0.25) is 0 Å². The number of carbonyl (C=O) groups excluding carboxylic acids is 2. The van der Waals surface area contributed by atoms with E-state index in [-0.39, 0.29) is 33.6 Å². The van der Waals surface area contributed by atoms with Crippen LogP contribution in [0.3, 0.4) is 0 Å². The number of primary amides is 1. The van der Waals surface area contributed by atoms with Gasteiger partial charge in [-0.1, -0.05) is 17.7 Å². The predicted octanol–water partition coefficient (Wildman–Crippen LogP) is 4.05. The highest BCUT2D eigenvalue weighted by molar-refractivity contribution is 7.90. The van der Waals surface area contributed by atoms with E-state index in [0.29, 0.717) is 41.2 Å². The Morgan fingerprint density at radius 1 is 1.03 bits per heavy atom. The lowest BCUT2D eigenvalue weighted by Crippen LogP contribution is -2.16. The van der Waals surface area contributed by atoms with Gasteiger partial charge in [0, 0.05) is 28.8 Å². The number of nitrogens with one attached hydrogen (secondary N) is 1. The zero-order valence-electron chi connectivity index (χ0n) is 20.1. The molecular weight excluding hydrogens is 549 g/mol. The van der Waals surface area contributed by atoms with Crippen LogP contribution >= 0.6 is 24.0 Å². The normalized spacial score (nSPS) is 12.2. The lowest BCUT2D eigenvalue weighted by Gasteiger charge is -2.20. The van der Waals surface area contributed by atoms with Crippen molar-refractivity contribution in [2.24, 2.45) is 5.73 Å². The van der Waals surface area contributed by atoms with Gasteiger partial charge in [-0.3, -0.25) is 9.59 Å². The molecule has 0 atom stereocenters. The third-order valence-electron chi connectivity index (χ3n) is 6.23. The molecule has 0 bridgehead atoms. The van der Waals surface area contributed by atoms with Crippen LogP contribution in [0.2, 0.25) is 5.02 Å². The lowest BCUT2D eigenvalue weighted by atomic mass is 9.88. The van der Waals surface area contributed by atoms with E-state index in [2.05, 4.69) is 10.4 Å². The van der Waals surface area contributed by atoms with Crippen LogP contribution in [0.15, 0.2) is 65.6 Å². The Hall–Kier alpha value is -3.86. The van der Waals surface area contributed by atoms with Crippen molar-refractivity contribution in [2.45, 2.75) is 17.7 Å². The van der Waals surface area contributed by atoms with E-state index < -0.39 is 21.7 Å². The summed E-state index contributed by atoms with van der Waals surface area (Å²) in [6.07, 6.45) is 2.33. The lowest BCUT2D eigenvalue weighted by molar-refractivity contribution is 0.0992. The molecule has 3 aromatic carbocycles. The number of rotatable bonds is 5. The summed E-state index contributed by atoms with van der Waals surface area (Å²) in [6.45, 7) is 0. The third kappa shape index (κ3) is 4.98. The molecule has 0 unspecified atom stereocenters. The Kier molecular flexibility index (Phi) is 7.24. The number of hydrogen-bond donors (Lipinski definition) is 3. The van der Waals surface area contributed by atoms with Gasteiger partial charge < -0.3 is 16.8 Å². The molecule has 0 spiro atoms. The molecule has 0 radical (unpaired) electrons. The van der Waals surface area contributed by atoms with Crippen molar-refractivity contribution in [3.05, 3.63) is 88.1 Å². The summed E-state index contributed by atoms with van der Waals surface area (Å²) in [5, 5.41) is 7.61. The minimum absolute atomic E-state index is 0. The molecular formula is C26H23Cl2N5O4S. The smallest absolute Gasteiger partial charge is 0.269 e. The Bertz CT molecular complexity index is 1700. The van der Waals surface area contributed by atoms with Crippen molar-refractivity contribution in [3.63, 3.8) is 0 Å². The fourth-order valence-corrected chi connectivity index (χ4v) is 5.28. The van der Waals surface area contributed by atoms with E-state index in [1.54, 1.807) is 41.1 Å². The second kappa shape index (κ2) is 10.1. The number of nitrogens with two attached hydrogens (primary N) is 2. The summed E-state index contributed by atoms with van der Waals surface area (Å²) in [5.41, 5.74) is 16.4. The second-order valence-corrected chi connectivity index (χ2v) is 11.2. The average Bonchev–Trinajstić information content (AvgIpc) is 3.25. The van der Waals surface area contributed by atoms with E-state index in [9.17, 15) is 18.0 Å². The van der Waals surface area contributed by atoms with Crippen LogP contribution in [0.4, 0.5) is 11.4 Å². The van der Waals surface area contributed by atoms with Gasteiger partial charge in [0.1, 0.15) is 0 Å². The number of aromatic nitrogens is 2. The zero-order valence-corrected chi connectivity index (χ0v) is 22.5. The van der Waals surface area contributed by atoms with Crippen LogP contribution in [0, 0.1) is 0 Å². The Labute approximate surface area is 230 Å². The van der Waals surface area contributed by atoms with Crippen LogP contribution in [0.25, 0.3) is 16.9 Å². The van der Waals surface area contributed by atoms with Crippen LogP contribution < -0.4 is 16.8 Å². The number of fused-ring (bicyclic) bond motifs is 3. The van der Waals surface area contributed by atoms with Gasteiger partial charge in [-0.15, -0.1) is 12.4 Å². The minimum Gasteiger partial charge on any atom is -0.399 e. The summed E-state index contributed by atoms with van der Waals surface area (Å²) >= 11 is 6.19. The standard InChI is InChI=1S/C26H22ClN5O4S.ClH/c1-37(35,36)18-8-6-17(7-9-18)32-24-19(23(31-32)25(29)33)10-3-14-2-5-16(13-20(14)24)30-26(34)21-12-15(28)4-11-22(21)27;/h2,4-9,11-13H,3,10,28H2,1H3,(H2,29,33)(H,30,34);1H. The summed E-state index contributed by atoms with van der Waals surface area (Å²) in [5.74, 6) is -1.08. The Balaban J connectivity index is 0.00000336. The summed E-state index contributed by atoms with van der Waals surface area (Å²) in [7, 11) is -3.38. The first-order valence-electron chi connectivity index (χ1n) is 11.2. The fourth-order valence-electron chi connectivity index (χ4n) is 4.45. The number of sulfone groups is 1. The van der Waals surface area contributed by atoms with E-state index in [0.717, 1.165) is 17.4 Å². The molecule has 1 aliphatic carbocycles. The highest BCUT2D eigenvalue weighted by atomic mass is 35.5. The van der Waals surface area contributed by atoms with Gasteiger partial charge in [0.05, 0.1) is 26.9 Å². The van der Waals surface area contributed by atoms with Gasteiger partial charge in [-0.05, 0) is 73.0 Å². The van der Waals surface area contributed by atoms with Crippen LogP contribution in [-0.4, -0.2) is 36.3 Å². The van der Waals surface area contributed by atoms with Crippen molar-refractivity contribution >= 4 is 57.0 Å². The van der Waals surface area contributed by atoms with Crippen molar-refractivity contribution < 1.29 is 18.0 Å². The van der Waals surface area contributed by atoms with Crippen molar-refractivity contribution in [1.82, 2.24) is 9.78 Å². The molecule has 2 amide bonds. The first kappa shape index (κ1) is 27.2. The molecule has 5 rings (SSSR count). The zero-order chi connectivity index (χ0) is 26.5. The SMILES string of the molecule is CS(=O)(=O)c1ccc(-n2nc(C(N)=O)c3c2-c2cc(NC(=O)c4cc(N)ccc4Cl)ccc2CC3)cc1.Cl. The molecule has 1 aliphatic rings. The topological polar surface area (TPSA) is 150 Å². The summed E-state index contributed by atoms with van der Waals surface area (Å²) in [6, 6.07) is 16.4. The maximum Gasteiger partial charge on any atom is 0.269 e. The molecule has 9 nitrogen and oxygen atoms in total. The number of benzene rings is 3. The highest BCUT2D eigenvalue weighted by Gasteiger charge is 2.28. The number of hydrogen-bond acceptors (Lipinski definition) is 6. The number of carbonyl (C=O) groups is 2. The first-order valence-corrected chi connectivity index (χ1v) is 13.5. The third-order valence-corrected chi connectivity index (χ3v) is 7.69. The number of nitrogen functional groups attached to an aromatic ring is 1.